The Balaban J connectivity index is 0.00000128. The van der Waals surface area contributed by atoms with Crippen LogP contribution in [-0.2, 0) is 22.4 Å². The molecule has 4 heteroatoms. The predicted molar refractivity (Wildman–Crippen MR) is 66.3 cm³/mol. The first kappa shape index (κ1) is 18.5. The summed E-state index contributed by atoms with van der Waals surface area (Å²) in [5, 5.41) is 0. The normalized spacial score (nSPS) is 16.5. The summed E-state index contributed by atoms with van der Waals surface area (Å²) in [6.07, 6.45) is 3.71. The molecule has 0 bridgehead atoms. The van der Waals surface area contributed by atoms with Crippen molar-refractivity contribution in [2.24, 2.45) is 0 Å². The molecule has 0 aliphatic heterocycles. The molecular weight excluding hydrogens is 529 g/mol. The van der Waals surface area contributed by atoms with E-state index in [0.29, 0.717) is 0 Å². The van der Waals surface area contributed by atoms with Crippen LogP contribution in [0.4, 0.5) is 0 Å². The molecule has 1 aliphatic carbocycles. The van der Waals surface area contributed by atoms with Gasteiger partial charge in [-0.2, -0.15) is 0 Å². The fourth-order valence-electron chi connectivity index (χ4n) is 2.22. The fourth-order valence-corrected chi connectivity index (χ4v) is 12.5. The average Bonchev–Trinajstić information content (AvgIpc) is 2.56. The molecule has 2 rings (SSSR count). The molecule has 0 spiro atoms. The van der Waals surface area contributed by atoms with Crippen molar-refractivity contribution in [1.82, 2.24) is 0 Å². The summed E-state index contributed by atoms with van der Waals surface area (Å²) < 4.78 is 0.918. The standard InChI is InChI=1S/C11H11.C2H7Si.2HI.Zr/c1-2-9-7-10-5-3-4-6-11(10)8-9;1-3-2;;;/h3-8H,2H2,1H3;3H,1-2H3;2*1H;/q;;;;+2/p-2. The number of hydrogen-bond acceptors (Lipinski definition) is 0. The molecule has 0 amide bonds. The second-order valence-corrected chi connectivity index (χ2v) is 19.5. The topological polar surface area (TPSA) is 0 Å². The van der Waals surface area contributed by atoms with E-state index in [1.807, 2.05) is 0 Å². The molecule has 0 N–H and O–H groups in total. The van der Waals surface area contributed by atoms with Crippen LogP contribution in [0.5, 0.6) is 0 Å². The van der Waals surface area contributed by atoms with Crippen molar-refractivity contribution in [2.75, 3.05) is 0 Å². The van der Waals surface area contributed by atoms with Crippen molar-refractivity contribution in [1.29, 1.82) is 0 Å². The minimum Gasteiger partial charge on any atom is -1.00 e. The molecule has 0 aromatic heterocycles. The van der Waals surface area contributed by atoms with Crippen LogP contribution in [0.3, 0.4) is 0 Å². The average molecular weight is 547 g/mol. The van der Waals surface area contributed by atoms with Crippen LogP contribution in [0.2, 0.25) is 13.1 Å². The van der Waals surface area contributed by atoms with Crippen LogP contribution in [-0.4, -0.2) is 5.92 Å². The molecule has 0 radical (unpaired) electrons. The van der Waals surface area contributed by atoms with Gasteiger partial charge in [0.1, 0.15) is 0 Å². The van der Waals surface area contributed by atoms with E-state index in [9.17, 15) is 0 Å². The van der Waals surface area contributed by atoms with Gasteiger partial charge in [-0.05, 0) is 0 Å². The second-order valence-electron chi connectivity index (χ2n) is 4.46. The van der Waals surface area contributed by atoms with Gasteiger partial charge >= 0.3 is 105 Å². The quantitative estimate of drug-likeness (QED) is 0.293. The molecule has 0 heterocycles. The third-order valence-corrected chi connectivity index (χ3v) is 13.0. The number of benzene rings is 1. The number of fused-ring (bicyclic) bond motifs is 1. The maximum Gasteiger partial charge on any atom is -1.00 e. The minimum atomic E-state index is -0.306. The molecule has 0 saturated carbocycles. The van der Waals surface area contributed by atoms with Crippen LogP contribution in [0.1, 0.15) is 28.1 Å². The molecule has 1 aromatic carbocycles. The van der Waals surface area contributed by atoms with Crippen LogP contribution < -0.4 is 48.0 Å². The fraction of sp³-hybridized carbons (Fsp3) is 0.385. The van der Waals surface area contributed by atoms with E-state index in [4.69, 9.17) is 0 Å². The van der Waals surface area contributed by atoms with Crippen molar-refractivity contribution in [3.05, 3.63) is 41.0 Å². The van der Waals surface area contributed by atoms with Crippen LogP contribution in [0, 0.1) is 0 Å². The summed E-state index contributed by atoms with van der Waals surface area (Å²) in [6.45, 7) is 7.37. The monoisotopic (exact) mass is 546 g/mol. The van der Waals surface area contributed by atoms with E-state index in [0.717, 1.165) is 3.63 Å². The van der Waals surface area contributed by atoms with Gasteiger partial charge in [-0.1, -0.05) is 0 Å². The molecule has 0 nitrogen and oxygen atoms in total. The first-order valence-electron chi connectivity index (χ1n) is 5.77. The zero-order valence-corrected chi connectivity index (χ0v) is 18.4. The van der Waals surface area contributed by atoms with Crippen molar-refractivity contribution >= 4 is 12.0 Å². The predicted octanol–water partition coefficient (Wildman–Crippen LogP) is -2.39. The number of hydrogen-bond donors (Lipinski definition) is 0. The zero-order chi connectivity index (χ0) is 10.8. The maximum atomic E-state index is 2.53. The summed E-state index contributed by atoms with van der Waals surface area (Å²) in [5.41, 5.74) is 4.89. The molecule has 92 valence electrons. The van der Waals surface area contributed by atoms with E-state index >= 15 is 0 Å². The zero-order valence-electron chi connectivity index (χ0n) is 10.5. The van der Waals surface area contributed by atoms with Gasteiger partial charge < -0.3 is 48.0 Å². The van der Waals surface area contributed by atoms with Gasteiger partial charge in [-0.3, -0.25) is 0 Å². The van der Waals surface area contributed by atoms with Gasteiger partial charge in [0.05, 0.1) is 0 Å². The summed E-state index contributed by atoms with van der Waals surface area (Å²) >= 11 is -0.165. The maximum absolute atomic E-state index is 2.53. The molecular formula is C13H18I2SiZr. The van der Waals surface area contributed by atoms with E-state index in [-0.39, 0.29) is 76.3 Å². The molecule has 1 aliphatic rings. The molecule has 0 fully saturated rings. The molecule has 1 unspecified atom stereocenters. The molecule has 17 heavy (non-hydrogen) atoms. The smallest absolute Gasteiger partial charge is 1.00 e. The Morgan fingerprint density at radius 1 is 1.18 bits per heavy atom. The van der Waals surface area contributed by atoms with Gasteiger partial charge in [0.15, 0.2) is 0 Å². The van der Waals surface area contributed by atoms with Crippen molar-refractivity contribution in [3.8, 4) is 0 Å². The van der Waals surface area contributed by atoms with Crippen molar-refractivity contribution < 1.29 is 70.3 Å². The molecule has 1 atom stereocenters. The Hall–Kier alpha value is 1.52. The Morgan fingerprint density at radius 3 is 2.41 bits per heavy atom. The van der Waals surface area contributed by atoms with E-state index < -0.39 is 0 Å². The summed E-state index contributed by atoms with van der Waals surface area (Å²) in [7, 11) is 0. The van der Waals surface area contributed by atoms with Crippen molar-refractivity contribution in [2.45, 2.75) is 30.1 Å². The first-order chi connectivity index (χ1) is 7.22. The summed E-state index contributed by atoms with van der Waals surface area (Å²) in [6, 6.07) is 9.02. The number of allylic oxidation sites excluding steroid dienone is 1. The van der Waals surface area contributed by atoms with Crippen LogP contribution in [0.15, 0.2) is 29.8 Å². The van der Waals surface area contributed by atoms with Gasteiger partial charge in [0, 0.05) is 0 Å². The Kier molecular flexibility index (Phi) is 9.42. The van der Waals surface area contributed by atoms with E-state index in [2.05, 4.69) is 50.4 Å². The number of halogens is 2. The van der Waals surface area contributed by atoms with Crippen LogP contribution >= 0.6 is 0 Å². The van der Waals surface area contributed by atoms with Gasteiger partial charge in [0.2, 0.25) is 0 Å². The molecule has 0 saturated heterocycles. The largest absolute Gasteiger partial charge is 1.00 e. The Bertz CT molecular complexity index is 391. The minimum absolute atomic E-state index is 0. The first-order valence-corrected chi connectivity index (χ1v) is 14.3. The number of rotatable bonds is 3. The third kappa shape index (κ3) is 4.53. The van der Waals surface area contributed by atoms with Crippen molar-refractivity contribution in [3.63, 3.8) is 0 Å². The van der Waals surface area contributed by atoms with Gasteiger partial charge in [-0.15, -0.1) is 0 Å². The summed E-state index contributed by atoms with van der Waals surface area (Å²) in [4.78, 5) is 0. The third-order valence-electron chi connectivity index (χ3n) is 2.93. The Morgan fingerprint density at radius 2 is 1.82 bits per heavy atom. The van der Waals surface area contributed by atoms with E-state index in [1.165, 1.54) is 12.0 Å². The summed E-state index contributed by atoms with van der Waals surface area (Å²) in [5.74, 6) is -0.306. The van der Waals surface area contributed by atoms with Crippen LogP contribution in [0.25, 0.3) is 6.08 Å². The van der Waals surface area contributed by atoms with Gasteiger partial charge in [-0.25, -0.2) is 0 Å². The van der Waals surface area contributed by atoms with Gasteiger partial charge in [0.25, 0.3) is 0 Å². The Labute approximate surface area is 151 Å². The van der Waals surface area contributed by atoms with E-state index in [1.54, 1.807) is 11.1 Å². The SMILES string of the molecule is CCC1=Cc2ccccc2[CH]1[Zr+2][SiH](C)C.[I-].[I-]. The molecule has 1 aromatic rings. The second kappa shape index (κ2) is 8.64.